The minimum absolute atomic E-state index is 0. The molecule has 0 spiro atoms. The molecule has 0 amide bonds. The van der Waals surface area contributed by atoms with E-state index in [1.807, 2.05) is 6.92 Å². The zero-order valence-corrected chi connectivity index (χ0v) is 6.40. The van der Waals surface area contributed by atoms with Gasteiger partial charge in [0.15, 0.2) is 0 Å². The van der Waals surface area contributed by atoms with E-state index < -0.39 is 0 Å². The minimum Gasteiger partial charge on any atom is -0.159 e. The Morgan fingerprint density at radius 3 is 2.44 bits per heavy atom. The van der Waals surface area contributed by atoms with Gasteiger partial charge < -0.3 is 0 Å². The van der Waals surface area contributed by atoms with Crippen LogP contribution in [-0.4, -0.2) is 5.71 Å². The highest BCUT2D eigenvalue weighted by Gasteiger charge is 2.03. The quantitative estimate of drug-likeness (QED) is 0.537. The summed E-state index contributed by atoms with van der Waals surface area (Å²) in [7, 11) is 0. The third-order valence-electron chi connectivity index (χ3n) is 1.22. The van der Waals surface area contributed by atoms with Gasteiger partial charge in [-0.1, -0.05) is 6.92 Å². The predicted molar refractivity (Wildman–Crippen MR) is 40.9 cm³/mol. The Morgan fingerprint density at radius 1 is 1.56 bits per heavy atom. The van der Waals surface area contributed by atoms with Crippen LogP contribution in [0.4, 0.5) is 0 Å². The molecule has 3 heteroatoms. The van der Waals surface area contributed by atoms with Crippen molar-refractivity contribution in [2.45, 2.75) is 20.3 Å². The lowest BCUT2D eigenvalue weighted by Crippen LogP contribution is -1.91. The molecule has 1 heterocycles. The van der Waals surface area contributed by atoms with E-state index in [-0.39, 0.29) is 12.4 Å². The van der Waals surface area contributed by atoms with Gasteiger partial charge in [0.25, 0.3) is 0 Å². The SMILES string of the molecule is CCC1=N[N]C=C1C.Cl. The lowest BCUT2D eigenvalue weighted by atomic mass is 10.2. The highest BCUT2D eigenvalue weighted by molar-refractivity contribution is 6.00. The van der Waals surface area contributed by atoms with Gasteiger partial charge >= 0.3 is 0 Å². The summed E-state index contributed by atoms with van der Waals surface area (Å²) in [6.45, 7) is 4.11. The zero-order valence-electron chi connectivity index (χ0n) is 5.59. The van der Waals surface area contributed by atoms with Gasteiger partial charge in [-0.3, -0.25) is 0 Å². The van der Waals surface area contributed by atoms with Crippen LogP contribution >= 0.6 is 12.4 Å². The Bertz CT molecular complexity index is 149. The second kappa shape index (κ2) is 3.51. The van der Waals surface area contributed by atoms with Crippen molar-refractivity contribution in [1.82, 2.24) is 5.43 Å². The molecule has 1 rings (SSSR count). The maximum atomic E-state index is 3.88. The van der Waals surface area contributed by atoms with Crippen molar-refractivity contribution in [2.75, 3.05) is 0 Å². The molecular weight excluding hydrogens is 136 g/mol. The largest absolute Gasteiger partial charge is 0.159 e. The fourth-order valence-corrected chi connectivity index (χ4v) is 0.688. The topological polar surface area (TPSA) is 26.5 Å². The molecule has 9 heavy (non-hydrogen) atoms. The summed E-state index contributed by atoms with van der Waals surface area (Å²) in [5.41, 5.74) is 6.06. The van der Waals surface area contributed by atoms with Gasteiger partial charge in [0.2, 0.25) is 0 Å². The molecule has 0 fully saturated rings. The Morgan fingerprint density at radius 2 is 2.22 bits per heavy atom. The normalized spacial score (nSPS) is 15.3. The number of halogens is 1. The summed E-state index contributed by atoms with van der Waals surface area (Å²) in [5, 5.41) is 3.88. The molecule has 0 aromatic rings. The van der Waals surface area contributed by atoms with Gasteiger partial charge in [0, 0.05) is 0 Å². The summed E-state index contributed by atoms with van der Waals surface area (Å²) in [4.78, 5) is 0. The third kappa shape index (κ3) is 1.72. The third-order valence-corrected chi connectivity index (χ3v) is 1.22. The Labute approximate surface area is 61.4 Å². The van der Waals surface area contributed by atoms with Gasteiger partial charge in [-0.2, -0.15) is 10.5 Å². The molecule has 0 atom stereocenters. The maximum Gasteiger partial charge on any atom is 0.0672 e. The first-order valence-electron chi connectivity index (χ1n) is 2.78. The highest BCUT2D eigenvalue weighted by Crippen LogP contribution is 2.04. The van der Waals surface area contributed by atoms with E-state index >= 15 is 0 Å². The van der Waals surface area contributed by atoms with Gasteiger partial charge in [-0.25, -0.2) is 0 Å². The second-order valence-electron chi connectivity index (χ2n) is 1.83. The van der Waals surface area contributed by atoms with Crippen molar-refractivity contribution in [3.05, 3.63) is 11.8 Å². The van der Waals surface area contributed by atoms with Crippen LogP contribution in [0, 0.1) is 0 Å². The zero-order chi connectivity index (χ0) is 5.98. The van der Waals surface area contributed by atoms with Crippen LogP contribution in [0.5, 0.6) is 0 Å². The Kier molecular flexibility index (Phi) is 3.32. The first kappa shape index (κ1) is 8.50. The van der Waals surface area contributed by atoms with Crippen LogP contribution in [0.2, 0.25) is 0 Å². The van der Waals surface area contributed by atoms with E-state index in [1.54, 1.807) is 6.20 Å². The van der Waals surface area contributed by atoms with E-state index in [9.17, 15) is 0 Å². The standard InChI is InChI=1S/C6H9N2.ClH/c1-3-6-5(2)4-7-8-6;/h4H,3H2,1-2H3;1H. The summed E-state index contributed by atoms with van der Waals surface area (Å²) in [6.07, 6.45) is 2.78. The fraction of sp³-hybridized carbons (Fsp3) is 0.500. The van der Waals surface area contributed by atoms with Crippen LogP contribution in [-0.2, 0) is 0 Å². The van der Waals surface area contributed by atoms with Crippen molar-refractivity contribution in [2.24, 2.45) is 5.10 Å². The monoisotopic (exact) mass is 145 g/mol. The van der Waals surface area contributed by atoms with Crippen LogP contribution in [0.15, 0.2) is 16.9 Å². The number of rotatable bonds is 1. The smallest absolute Gasteiger partial charge is 0.0672 e. The lowest BCUT2D eigenvalue weighted by Gasteiger charge is -1.89. The van der Waals surface area contributed by atoms with E-state index in [4.69, 9.17) is 0 Å². The summed E-state index contributed by atoms with van der Waals surface area (Å²) >= 11 is 0. The molecule has 0 unspecified atom stereocenters. The van der Waals surface area contributed by atoms with Crippen LogP contribution < -0.4 is 5.43 Å². The maximum absolute atomic E-state index is 3.88. The molecule has 0 saturated carbocycles. The number of hydrogen-bond acceptors (Lipinski definition) is 1. The molecule has 2 nitrogen and oxygen atoms in total. The van der Waals surface area contributed by atoms with Crippen molar-refractivity contribution >= 4 is 18.1 Å². The van der Waals surface area contributed by atoms with E-state index in [0.717, 1.165) is 12.1 Å². The average molecular weight is 146 g/mol. The van der Waals surface area contributed by atoms with E-state index in [2.05, 4.69) is 17.5 Å². The van der Waals surface area contributed by atoms with Crippen LogP contribution in [0.1, 0.15) is 20.3 Å². The second-order valence-corrected chi connectivity index (χ2v) is 1.83. The van der Waals surface area contributed by atoms with Crippen LogP contribution in [0.25, 0.3) is 0 Å². The van der Waals surface area contributed by atoms with Crippen molar-refractivity contribution in [3.63, 3.8) is 0 Å². The molecule has 0 saturated heterocycles. The highest BCUT2D eigenvalue weighted by atomic mass is 35.5. The fourth-order valence-electron chi connectivity index (χ4n) is 0.688. The molecule has 1 aliphatic rings. The Hall–Kier alpha value is -0.500. The molecule has 0 aromatic heterocycles. The Balaban J connectivity index is 0.000000640. The number of allylic oxidation sites excluding steroid dienone is 1. The van der Waals surface area contributed by atoms with Crippen molar-refractivity contribution < 1.29 is 0 Å². The molecular formula is C6H10ClN2. The molecule has 0 N–H and O–H groups in total. The summed E-state index contributed by atoms with van der Waals surface area (Å²) in [5.74, 6) is 0. The number of hydrogen-bond donors (Lipinski definition) is 0. The minimum atomic E-state index is 0. The number of nitrogens with zero attached hydrogens (tertiary/aromatic N) is 2. The first-order chi connectivity index (χ1) is 3.84. The molecule has 0 bridgehead atoms. The van der Waals surface area contributed by atoms with Gasteiger partial charge in [-0.15, -0.1) is 12.4 Å². The first-order valence-corrected chi connectivity index (χ1v) is 2.78. The summed E-state index contributed by atoms with van der Waals surface area (Å²) in [6, 6.07) is 0. The lowest BCUT2D eigenvalue weighted by molar-refractivity contribution is 0.963. The molecule has 1 radical (unpaired) electrons. The van der Waals surface area contributed by atoms with Gasteiger partial charge in [-0.05, 0) is 18.9 Å². The van der Waals surface area contributed by atoms with Crippen molar-refractivity contribution in [3.8, 4) is 0 Å². The van der Waals surface area contributed by atoms with E-state index in [1.165, 1.54) is 5.57 Å². The van der Waals surface area contributed by atoms with Gasteiger partial charge in [0.1, 0.15) is 0 Å². The molecule has 0 aromatic carbocycles. The molecule has 0 aliphatic carbocycles. The molecule has 51 valence electrons. The predicted octanol–water partition coefficient (Wildman–Crippen LogP) is 1.70. The average Bonchev–Trinajstić information content (AvgIpc) is 2.14. The molecule has 1 aliphatic heterocycles. The van der Waals surface area contributed by atoms with Crippen LogP contribution in [0.3, 0.4) is 0 Å². The van der Waals surface area contributed by atoms with Crippen molar-refractivity contribution in [1.29, 1.82) is 0 Å². The summed E-state index contributed by atoms with van der Waals surface area (Å²) < 4.78 is 0. The van der Waals surface area contributed by atoms with Gasteiger partial charge in [0.05, 0.1) is 11.9 Å². The van der Waals surface area contributed by atoms with E-state index in [0.29, 0.717) is 0 Å².